The van der Waals surface area contributed by atoms with Crippen molar-refractivity contribution >= 4 is 22.4 Å². The predicted molar refractivity (Wildman–Crippen MR) is 68.0 cm³/mol. The van der Waals surface area contributed by atoms with Gasteiger partial charge in [-0.3, -0.25) is 4.90 Å². The monoisotopic (exact) mass is 255 g/mol. The summed E-state index contributed by atoms with van der Waals surface area (Å²) >= 11 is 1.40. The van der Waals surface area contributed by atoms with Crippen LogP contribution in [-0.2, 0) is 0 Å². The minimum atomic E-state index is -0.958. The van der Waals surface area contributed by atoms with E-state index >= 15 is 0 Å². The zero-order chi connectivity index (χ0) is 12.6. The summed E-state index contributed by atoms with van der Waals surface area (Å²) in [5.41, 5.74) is 0.231. The van der Waals surface area contributed by atoms with Crippen molar-refractivity contribution in [2.75, 3.05) is 31.6 Å². The summed E-state index contributed by atoms with van der Waals surface area (Å²) in [6.07, 6.45) is 0. The molecule has 1 aliphatic rings. The average Bonchev–Trinajstić information content (AvgIpc) is 2.71. The predicted octanol–water partition coefficient (Wildman–Crippen LogP) is 1.37. The van der Waals surface area contributed by atoms with E-state index in [1.165, 1.54) is 11.3 Å². The van der Waals surface area contributed by atoms with E-state index < -0.39 is 5.97 Å². The van der Waals surface area contributed by atoms with Gasteiger partial charge in [0.1, 0.15) is 0 Å². The van der Waals surface area contributed by atoms with Gasteiger partial charge >= 0.3 is 5.97 Å². The van der Waals surface area contributed by atoms with Crippen molar-refractivity contribution in [1.29, 1.82) is 0 Å². The number of carboxylic acid groups (broad SMARTS) is 1. The van der Waals surface area contributed by atoms with Crippen molar-refractivity contribution in [3.05, 3.63) is 11.1 Å². The molecule has 1 aromatic rings. The molecule has 0 atom stereocenters. The highest BCUT2D eigenvalue weighted by molar-refractivity contribution is 7.13. The topological polar surface area (TPSA) is 56.7 Å². The van der Waals surface area contributed by atoms with E-state index in [0.717, 1.165) is 24.8 Å². The molecular formula is C11H17N3O2S. The Morgan fingerprint density at radius 3 is 2.76 bits per heavy atom. The first-order valence-electron chi connectivity index (χ1n) is 5.55. The lowest BCUT2D eigenvalue weighted by Gasteiger charge is -2.45. The van der Waals surface area contributed by atoms with Gasteiger partial charge in [-0.15, -0.1) is 11.3 Å². The minimum Gasteiger partial charge on any atom is -0.476 e. The van der Waals surface area contributed by atoms with Crippen molar-refractivity contribution in [1.82, 2.24) is 9.88 Å². The molecular weight excluding hydrogens is 238 g/mol. The number of rotatable bonds is 2. The Hall–Kier alpha value is -1.14. The summed E-state index contributed by atoms with van der Waals surface area (Å²) in [6.45, 7) is 7.10. The van der Waals surface area contributed by atoms with Gasteiger partial charge in [-0.1, -0.05) is 0 Å². The van der Waals surface area contributed by atoms with Crippen molar-refractivity contribution in [2.24, 2.45) is 0 Å². The van der Waals surface area contributed by atoms with Crippen LogP contribution in [0.15, 0.2) is 5.38 Å². The fourth-order valence-electron chi connectivity index (χ4n) is 1.91. The fourth-order valence-corrected chi connectivity index (χ4v) is 2.74. The van der Waals surface area contributed by atoms with E-state index in [9.17, 15) is 4.79 Å². The summed E-state index contributed by atoms with van der Waals surface area (Å²) in [7, 11) is 2.11. The smallest absolute Gasteiger partial charge is 0.355 e. The van der Waals surface area contributed by atoms with E-state index in [2.05, 4.69) is 35.7 Å². The van der Waals surface area contributed by atoms with Gasteiger partial charge in [0.05, 0.1) is 0 Å². The number of likely N-dealkylation sites (N-methyl/N-ethyl adjacent to an activating group) is 1. The fraction of sp³-hybridized carbons (Fsp3) is 0.636. The van der Waals surface area contributed by atoms with Crippen LogP contribution in [0.5, 0.6) is 0 Å². The highest BCUT2D eigenvalue weighted by Crippen LogP contribution is 2.26. The number of thiazole rings is 1. The van der Waals surface area contributed by atoms with Gasteiger partial charge in [-0.25, -0.2) is 9.78 Å². The number of anilines is 1. The highest BCUT2D eigenvalue weighted by Gasteiger charge is 2.32. The van der Waals surface area contributed by atoms with Gasteiger partial charge in [0.15, 0.2) is 10.8 Å². The van der Waals surface area contributed by atoms with Crippen LogP contribution in [0.4, 0.5) is 5.13 Å². The van der Waals surface area contributed by atoms with E-state index in [4.69, 9.17) is 5.11 Å². The highest BCUT2D eigenvalue weighted by atomic mass is 32.1. The van der Waals surface area contributed by atoms with Gasteiger partial charge in [-0.05, 0) is 20.9 Å². The first-order chi connectivity index (χ1) is 7.90. The number of aromatic carboxylic acids is 1. The number of nitrogens with zero attached hydrogens (tertiary/aromatic N) is 3. The second-order valence-corrected chi connectivity index (χ2v) is 5.81. The van der Waals surface area contributed by atoms with Gasteiger partial charge < -0.3 is 10.0 Å². The molecule has 6 heteroatoms. The lowest BCUT2D eigenvalue weighted by molar-refractivity contribution is 0.0691. The molecule has 0 bridgehead atoms. The lowest BCUT2D eigenvalue weighted by atomic mass is 10.0. The van der Waals surface area contributed by atoms with Crippen LogP contribution >= 0.6 is 11.3 Å². The standard InChI is InChI=1S/C11H17N3O2S/c1-11(2)7-14(5-4-13(11)3)10-12-8(6-17-10)9(15)16/h6H,4-5,7H2,1-3H3,(H,15,16). The Morgan fingerprint density at radius 2 is 2.24 bits per heavy atom. The summed E-state index contributed by atoms with van der Waals surface area (Å²) in [5, 5.41) is 11.3. The molecule has 1 saturated heterocycles. The third kappa shape index (κ3) is 2.42. The third-order valence-electron chi connectivity index (χ3n) is 3.30. The van der Waals surface area contributed by atoms with Crippen LogP contribution in [0.25, 0.3) is 0 Å². The molecule has 17 heavy (non-hydrogen) atoms. The van der Waals surface area contributed by atoms with Crippen LogP contribution in [0.3, 0.4) is 0 Å². The molecule has 2 heterocycles. The Kier molecular flexibility index (Phi) is 3.09. The average molecular weight is 255 g/mol. The summed E-state index contributed by atoms with van der Waals surface area (Å²) in [5.74, 6) is -0.958. The molecule has 1 fully saturated rings. The maximum Gasteiger partial charge on any atom is 0.355 e. The van der Waals surface area contributed by atoms with Crippen LogP contribution in [0.2, 0.25) is 0 Å². The third-order valence-corrected chi connectivity index (χ3v) is 4.20. The zero-order valence-corrected chi connectivity index (χ0v) is 11.1. The van der Waals surface area contributed by atoms with Crippen molar-refractivity contribution in [3.63, 3.8) is 0 Å². The first-order valence-corrected chi connectivity index (χ1v) is 6.43. The van der Waals surface area contributed by atoms with E-state index in [-0.39, 0.29) is 11.2 Å². The quantitative estimate of drug-likeness (QED) is 0.865. The molecule has 0 unspecified atom stereocenters. The second kappa shape index (κ2) is 4.27. The molecule has 5 nitrogen and oxygen atoms in total. The number of carboxylic acids is 1. The normalized spacial score (nSPS) is 20.5. The van der Waals surface area contributed by atoms with Gasteiger partial charge in [0.2, 0.25) is 0 Å². The molecule has 2 rings (SSSR count). The molecule has 0 spiro atoms. The molecule has 1 aliphatic heterocycles. The molecule has 0 saturated carbocycles. The Labute approximate surface area is 105 Å². The van der Waals surface area contributed by atoms with Crippen LogP contribution in [0, 0.1) is 0 Å². The van der Waals surface area contributed by atoms with Crippen LogP contribution in [-0.4, -0.2) is 53.2 Å². The molecule has 0 amide bonds. The molecule has 1 N–H and O–H groups in total. The second-order valence-electron chi connectivity index (χ2n) is 4.98. The maximum atomic E-state index is 10.8. The molecule has 0 radical (unpaired) electrons. The van der Waals surface area contributed by atoms with Crippen molar-refractivity contribution in [2.45, 2.75) is 19.4 Å². The SMILES string of the molecule is CN1CCN(c2nc(C(=O)O)cs2)CC1(C)C. The number of hydrogen-bond acceptors (Lipinski definition) is 5. The maximum absolute atomic E-state index is 10.8. The van der Waals surface area contributed by atoms with E-state index in [0.29, 0.717) is 0 Å². The first kappa shape index (κ1) is 12.3. The van der Waals surface area contributed by atoms with Gasteiger partial charge in [0, 0.05) is 30.6 Å². The minimum absolute atomic E-state index is 0.0906. The Morgan fingerprint density at radius 1 is 1.53 bits per heavy atom. The lowest BCUT2D eigenvalue weighted by Crippen LogP contribution is -2.57. The Balaban J connectivity index is 2.15. The van der Waals surface area contributed by atoms with Crippen molar-refractivity contribution < 1.29 is 9.90 Å². The molecule has 0 aliphatic carbocycles. The Bertz CT molecular complexity index is 430. The largest absolute Gasteiger partial charge is 0.476 e. The van der Waals surface area contributed by atoms with Gasteiger partial charge in [0.25, 0.3) is 0 Å². The van der Waals surface area contributed by atoms with E-state index in [1.54, 1.807) is 5.38 Å². The zero-order valence-electron chi connectivity index (χ0n) is 10.3. The summed E-state index contributed by atoms with van der Waals surface area (Å²) in [6, 6.07) is 0. The van der Waals surface area contributed by atoms with Gasteiger partial charge in [-0.2, -0.15) is 0 Å². The number of carbonyl (C=O) groups is 1. The van der Waals surface area contributed by atoms with Crippen molar-refractivity contribution in [3.8, 4) is 0 Å². The van der Waals surface area contributed by atoms with Crippen LogP contribution < -0.4 is 4.90 Å². The number of aromatic nitrogens is 1. The van der Waals surface area contributed by atoms with Crippen LogP contribution in [0.1, 0.15) is 24.3 Å². The number of piperazine rings is 1. The summed E-state index contributed by atoms with van der Waals surface area (Å²) < 4.78 is 0. The molecule has 1 aromatic heterocycles. The summed E-state index contributed by atoms with van der Waals surface area (Å²) in [4.78, 5) is 19.4. The van der Waals surface area contributed by atoms with E-state index in [1.807, 2.05) is 0 Å². The molecule has 94 valence electrons. The number of hydrogen-bond donors (Lipinski definition) is 1. The molecule has 0 aromatic carbocycles.